The van der Waals surface area contributed by atoms with Crippen molar-refractivity contribution < 1.29 is 18.0 Å². The van der Waals surface area contributed by atoms with Crippen LogP contribution in [0.4, 0.5) is 0 Å². The predicted molar refractivity (Wildman–Crippen MR) is 113 cm³/mol. The molecule has 3 aliphatic heterocycles. The molecule has 0 aromatic heterocycles. The molecule has 1 aromatic rings. The molecule has 4 rings (SSSR count). The molecular weight excluding hydrogens is 404 g/mol. The lowest BCUT2D eigenvalue weighted by Crippen LogP contribution is -2.38. The number of carbonyl (C=O) groups excluding carboxylic acids is 2. The lowest BCUT2D eigenvalue weighted by Gasteiger charge is -2.27. The zero-order valence-electron chi connectivity index (χ0n) is 16.6. The van der Waals surface area contributed by atoms with Crippen LogP contribution >= 0.6 is 0 Å². The van der Waals surface area contributed by atoms with Gasteiger partial charge in [0.05, 0.1) is 11.3 Å². The van der Waals surface area contributed by atoms with Crippen LogP contribution in [0.25, 0.3) is 0 Å². The number of nitrogens with zero attached hydrogens (tertiary/aromatic N) is 3. The van der Waals surface area contributed by atoms with Crippen molar-refractivity contribution >= 4 is 27.7 Å². The first-order valence-electron chi connectivity index (χ1n) is 10.1. The highest BCUT2D eigenvalue weighted by Crippen LogP contribution is 2.17. The smallest absolute Gasteiger partial charge is 0.256 e. The molecular formula is C21H24N4O4S. The second kappa shape index (κ2) is 8.43. The first-order valence-corrected chi connectivity index (χ1v) is 11.7. The van der Waals surface area contributed by atoms with Crippen LogP contribution in [0.5, 0.6) is 0 Å². The summed E-state index contributed by atoms with van der Waals surface area (Å²) in [5, 5.41) is 2.85. The molecule has 1 saturated heterocycles. The first kappa shape index (κ1) is 20.3. The van der Waals surface area contributed by atoms with Crippen LogP contribution < -0.4 is 5.32 Å². The number of benzene rings is 1. The minimum atomic E-state index is -3.42. The molecule has 3 aliphatic rings. The Hall–Kier alpha value is -2.94. The molecule has 8 nitrogen and oxygen atoms in total. The van der Waals surface area contributed by atoms with Gasteiger partial charge in [0, 0.05) is 37.9 Å². The van der Waals surface area contributed by atoms with Gasteiger partial charge in [-0.05, 0) is 49.1 Å². The van der Waals surface area contributed by atoms with Gasteiger partial charge in [-0.2, -0.15) is 0 Å². The number of amidine groups is 1. The minimum absolute atomic E-state index is 0.0591. The van der Waals surface area contributed by atoms with Crippen LogP contribution in [0.3, 0.4) is 0 Å². The molecule has 0 atom stereocenters. The van der Waals surface area contributed by atoms with Crippen LogP contribution in [0.2, 0.25) is 0 Å². The maximum atomic E-state index is 12.5. The fourth-order valence-electron chi connectivity index (χ4n) is 3.66. The van der Waals surface area contributed by atoms with E-state index in [0.29, 0.717) is 23.5 Å². The average molecular weight is 429 g/mol. The highest BCUT2D eigenvalue weighted by molar-refractivity contribution is 7.90. The van der Waals surface area contributed by atoms with Gasteiger partial charge in [0.25, 0.3) is 21.8 Å². The Labute approximate surface area is 176 Å². The highest BCUT2D eigenvalue weighted by atomic mass is 32.2. The van der Waals surface area contributed by atoms with Gasteiger partial charge in [0.2, 0.25) is 0 Å². The molecule has 0 spiro atoms. The van der Waals surface area contributed by atoms with E-state index in [4.69, 9.17) is 0 Å². The van der Waals surface area contributed by atoms with Crippen LogP contribution in [-0.4, -0.2) is 61.3 Å². The summed E-state index contributed by atoms with van der Waals surface area (Å²) in [5.41, 5.74) is 1.99. The number of hydrogen-bond acceptors (Lipinski definition) is 5. The summed E-state index contributed by atoms with van der Waals surface area (Å²) in [5.74, 6) is 0.0564. The lowest BCUT2D eigenvalue weighted by atomic mass is 10.1. The second-order valence-corrected chi connectivity index (χ2v) is 9.33. The van der Waals surface area contributed by atoms with Gasteiger partial charge in [-0.25, -0.2) is 8.42 Å². The van der Waals surface area contributed by atoms with Crippen LogP contribution in [0.1, 0.15) is 35.2 Å². The standard InChI is InChI=1S/C21H24N4O4S/c26-20(18-8-9-19-23-30(28,29)13-12-25(19)15-18)22-14-16-4-6-17(7-5-16)21(27)24-10-2-1-3-11-24/h4-9,15H,1-3,10-14H2,(H,22,26). The van der Waals surface area contributed by atoms with Gasteiger partial charge in [-0.1, -0.05) is 12.1 Å². The van der Waals surface area contributed by atoms with Crippen molar-refractivity contribution in [3.05, 3.63) is 59.3 Å². The number of rotatable bonds is 4. The van der Waals surface area contributed by atoms with E-state index in [1.54, 1.807) is 29.3 Å². The van der Waals surface area contributed by atoms with Gasteiger partial charge in [-0.15, -0.1) is 4.40 Å². The van der Waals surface area contributed by atoms with Crippen LogP contribution in [0.15, 0.2) is 52.6 Å². The highest BCUT2D eigenvalue weighted by Gasteiger charge is 2.25. The molecule has 0 unspecified atom stereocenters. The quantitative estimate of drug-likeness (QED) is 0.782. The number of piperidine rings is 1. The van der Waals surface area contributed by atoms with Crippen LogP contribution in [-0.2, 0) is 21.4 Å². The zero-order valence-corrected chi connectivity index (χ0v) is 17.4. The van der Waals surface area contributed by atoms with E-state index in [2.05, 4.69) is 9.71 Å². The van der Waals surface area contributed by atoms with Crippen molar-refractivity contribution in [1.29, 1.82) is 0 Å². The van der Waals surface area contributed by atoms with Crippen LogP contribution in [0, 0.1) is 0 Å². The molecule has 30 heavy (non-hydrogen) atoms. The molecule has 0 bridgehead atoms. The Bertz CT molecular complexity index is 1040. The fourth-order valence-corrected chi connectivity index (χ4v) is 4.63. The van der Waals surface area contributed by atoms with Crippen molar-refractivity contribution in [3.63, 3.8) is 0 Å². The summed E-state index contributed by atoms with van der Waals surface area (Å²) in [6.07, 6.45) is 8.00. The van der Waals surface area contributed by atoms with Crippen molar-refractivity contribution in [1.82, 2.24) is 15.1 Å². The number of sulfonamides is 1. The molecule has 3 heterocycles. The normalized spacial score (nSPS) is 20.1. The maximum absolute atomic E-state index is 12.5. The summed E-state index contributed by atoms with van der Waals surface area (Å²) in [6, 6.07) is 7.30. The van der Waals surface area contributed by atoms with E-state index in [9.17, 15) is 18.0 Å². The minimum Gasteiger partial charge on any atom is -0.348 e. The van der Waals surface area contributed by atoms with Gasteiger partial charge < -0.3 is 15.1 Å². The van der Waals surface area contributed by atoms with Gasteiger partial charge >= 0.3 is 0 Å². The molecule has 9 heteroatoms. The lowest BCUT2D eigenvalue weighted by molar-refractivity contribution is -0.117. The van der Waals surface area contributed by atoms with E-state index < -0.39 is 10.0 Å². The number of hydrogen-bond donors (Lipinski definition) is 1. The molecule has 158 valence electrons. The fraction of sp³-hybridized carbons (Fsp3) is 0.381. The summed E-state index contributed by atoms with van der Waals surface area (Å²) in [4.78, 5) is 28.6. The summed E-state index contributed by atoms with van der Waals surface area (Å²) < 4.78 is 26.8. The second-order valence-electron chi connectivity index (χ2n) is 7.58. The third-order valence-corrected chi connectivity index (χ3v) is 6.55. The Morgan fingerprint density at radius 2 is 1.73 bits per heavy atom. The zero-order chi connectivity index (χ0) is 21.1. The predicted octanol–water partition coefficient (Wildman–Crippen LogP) is 1.43. The Morgan fingerprint density at radius 1 is 1.00 bits per heavy atom. The van der Waals surface area contributed by atoms with Crippen molar-refractivity contribution in [3.8, 4) is 0 Å². The first-order chi connectivity index (χ1) is 14.4. The summed E-state index contributed by atoms with van der Waals surface area (Å²) in [6.45, 7) is 2.23. The molecule has 1 aromatic carbocycles. The summed E-state index contributed by atoms with van der Waals surface area (Å²) >= 11 is 0. The number of carbonyl (C=O) groups is 2. The van der Waals surface area contributed by atoms with Gasteiger partial charge in [0.15, 0.2) is 0 Å². The molecule has 0 aliphatic carbocycles. The number of nitrogens with one attached hydrogen (secondary N) is 1. The topological polar surface area (TPSA) is 99.1 Å². The molecule has 2 amide bonds. The van der Waals surface area contributed by atoms with Gasteiger partial charge in [0.1, 0.15) is 5.84 Å². The maximum Gasteiger partial charge on any atom is 0.256 e. The number of amides is 2. The van der Waals surface area contributed by atoms with Crippen molar-refractivity contribution in [2.75, 3.05) is 25.4 Å². The Kier molecular flexibility index (Phi) is 5.72. The van der Waals surface area contributed by atoms with Gasteiger partial charge in [-0.3, -0.25) is 9.59 Å². The summed E-state index contributed by atoms with van der Waals surface area (Å²) in [7, 11) is -3.42. The molecule has 1 N–H and O–H groups in total. The van der Waals surface area contributed by atoms with Crippen molar-refractivity contribution in [2.24, 2.45) is 4.40 Å². The SMILES string of the molecule is O=C(NCc1ccc(C(=O)N2CCCCC2)cc1)C1=CN2CCS(=O)(=O)N=C2C=C1. The van der Waals surface area contributed by atoms with Crippen molar-refractivity contribution in [2.45, 2.75) is 25.8 Å². The Balaban J connectivity index is 1.34. The number of likely N-dealkylation sites (tertiary alicyclic amines) is 1. The van der Waals surface area contributed by atoms with E-state index in [1.807, 2.05) is 17.0 Å². The van der Waals surface area contributed by atoms with E-state index in [1.165, 1.54) is 12.5 Å². The van der Waals surface area contributed by atoms with E-state index >= 15 is 0 Å². The molecule has 1 fully saturated rings. The molecule has 0 saturated carbocycles. The number of fused-ring (bicyclic) bond motifs is 1. The monoisotopic (exact) mass is 428 g/mol. The van der Waals surface area contributed by atoms with E-state index in [-0.39, 0.29) is 24.1 Å². The Morgan fingerprint density at radius 3 is 2.47 bits per heavy atom. The third-order valence-electron chi connectivity index (χ3n) is 5.38. The molecule has 0 radical (unpaired) electrons. The van der Waals surface area contributed by atoms with E-state index in [0.717, 1.165) is 31.5 Å². The average Bonchev–Trinajstić information content (AvgIpc) is 2.77. The largest absolute Gasteiger partial charge is 0.348 e. The third kappa shape index (κ3) is 4.62.